The topological polar surface area (TPSA) is 55.8 Å². The third kappa shape index (κ3) is 4.95. The summed E-state index contributed by atoms with van der Waals surface area (Å²) in [5, 5.41) is -0.255. The molecule has 0 atom stereocenters. The molecule has 1 fully saturated rings. The number of nitrogens with zero attached hydrogens (tertiary/aromatic N) is 1. The first-order valence-corrected chi connectivity index (χ1v) is 11.1. The molecule has 0 N–H and O–H groups in total. The van der Waals surface area contributed by atoms with Crippen LogP contribution in [0.2, 0.25) is 0 Å². The molecule has 0 radical (unpaired) electrons. The van der Waals surface area contributed by atoms with E-state index in [1.807, 2.05) is 50.2 Å². The summed E-state index contributed by atoms with van der Waals surface area (Å²) < 4.78 is 12.1. The van der Waals surface area contributed by atoms with Crippen molar-refractivity contribution in [3.05, 3.63) is 61.6 Å². The van der Waals surface area contributed by atoms with Crippen LogP contribution >= 0.6 is 34.4 Å². The maximum absolute atomic E-state index is 12.8. The highest BCUT2D eigenvalue weighted by molar-refractivity contribution is 14.1. The molecule has 2 amide bonds. The van der Waals surface area contributed by atoms with Crippen LogP contribution in [0.5, 0.6) is 11.5 Å². The number of imide groups is 1. The number of carbonyl (C=O) groups excluding carboxylic acids is 2. The first-order chi connectivity index (χ1) is 13.9. The van der Waals surface area contributed by atoms with Gasteiger partial charge in [-0.05, 0) is 82.6 Å². The van der Waals surface area contributed by atoms with Crippen LogP contribution in [0.15, 0.2) is 41.3 Å². The van der Waals surface area contributed by atoms with Crippen molar-refractivity contribution in [2.45, 2.75) is 26.8 Å². The molecule has 29 heavy (non-hydrogen) atoms. The zero-order valence-corrected chi connectivity index (χ0v) is 19.5. The molecule has 0 aromatic heterocycles. The number of aryl methyl sites for hydroxylation is 1. The van der Waals surface area contributed by atoms with E-state index in [1.54, 1.807) is 13.2 Å². The predicted octanol–water partition coefficient (Wildman–Crippen LogP) is 5.63. The molecule has 0 spiro atoms. The van der Waals surface area contributed by atoms with Crippen LogP contribution in [0.1, 0.15) is 30.0 Å². The monoisotopic (exact) mass is 523 g/mol. The first kappa shape index (κ1) is 21.7. The number of ether oxygens (including phenoxy) is 2. The molecule has 3 rings (SSSR count). The Morgan fingerprint density at radius 2 is 1.97 bits per heavy atom. The Balaban J connectivity index is 1.85. The van der Waals surface area contributed by atoms with E-state index in [0.29, 0.717) is 23.0 Å². The lowest BCUT2D eigenvalue weighted by molar-refractivity contribution is -0.123. The molecule has 1 aliphatic heterocycles. The van der Waals surface area contributed by atoms with Crippen molar-refractivity contribution < 1.29 is 19.1 Å². The summed E-state index contributed by atoms with van der Waals surface area (Å²) in [6, 6.07) is 11.5. The molecule has 2 aromatic rings. The number of halogens is 1. The lowest BCUT2D eigenvalue weighted by Crippen LogP contribution is -2.27. The Labute approximate surface area is 188 Å². The zero-order chi connectivity index (χ0) is 21.0. The van der Waals surface area contributed by atoms with E-state index in [4.69, 9.17) is 9.47 Å². The standard InChI is InChI=1S/C22H22INO4S/c1-4-9-28-20-17(23)10-15(11-18(20)27-3)12-19-21(25)24(22(26)29-19)13-16-8-6-5-7-14(16)2/h5-8,10-12H,4,9,13H2,1-3H3/b19-12-. The van der Waals surface area contributed by atoms with E-state index in [2.05, 4.69) is 22.6 Å². The van der Waals surface area contributed by atoms with Gasteiger partial charge in [0.25, 0.3) is 11.1 Å². The average molecular weight is 523 g/mol. The molecule has 0 bridgehead atoms. The minimum absolute atomic E-state index is 0.255. The van der Waals surface area contributed by atoms with Gasteiger partial charge in [-0.15, -0.1) is 0 Å². The number of rotatable bonds is 7. The van der Waals surface area contributed by atoms with Crippen molar-refractivity contribution in [3.63, 3.8) is 0 Å². The lowest BCUT2D eigenvalue weighted by Gasteiger charge is -2.14. The molecule has 1 heterocycles. The average Bonchev–Trinajstić information content (AvgIpc) is 2.95. The molecule has 0 saturated carbocycles. The second-order valence-corrected chi connectivity index (χ2v) is 8.73. The molecule has 7 heteroatoms. The molecule has 1 aliphatic rings. The number of hydrogen-bond acceptors (Lipinski definition) is 5. The Hall–Kier alpha value is -2.00. The van der Waals surface area contributed by atoms with Gasteiger partial charge in [0.05, 0.1) is 28.7 Å². The van der Waals surface area contributed by atoms with Gasteiger partial charge in [0.1, 0.15) is 0 Å². The summed E-state index contributed by atoms with van der Waals surface area (Å²) in [6.07, 6.45) is 2.63. The summed E-state index contributed by atoms with van der Waals surface area (Å²) in [6.45, 7) is 4.89. The third-order valence-electron chi connectivity index (χ3n) is 4.46. The zero-order valence-electron chi connectivity index (χ0n) is 16.5. The van der Waals surface area contributed by atoms with Gasteiger partial charge in [-0.1, -0.05) is 31.2 Å². The van der Waals surface area contributed by atoms with Gasteiger partial charge in [0, 0.05) is 0 Å². The molecule has 5 nitrogen and oxygen atoms in total. The van der Waals surface area contributed by atoms with Crippen LogP contribution in [-0.4, -0.2) is 29.8 Å². The molecule has 152 valence electrons. The first-order valence-electron chi connectivity index (χ1n) is 9.24. The maximum Gasteiger partial charge on any atom is 0.293 e. The number of benzene rings is 2. The van der Waals surface area contributed by atoms with Crippen molar-refractivity contribution in [1.82, 2.24) is 4.90 Å². The lowest BCUT2D eigenvalue weighted by atomic mass is 10.1. The van der Waals surface area contributed by atoms with Crippen molar-refractivity contribution >= 4 is 51.6 Å². The summed E-state index contributed by atoms with van der Waals surface area (Å²) in [5.41, 5.74) is 2.80. The van der Waals surface area contributed by atoms with Crippen molar-refractivity contribution in [2.24, 2.45) is 0 Å². The number of thioether (sulfide) groups is 1. The molecule has 0 unspecified atom stereocenters. The van der Waals surface area contributed by atoms with Gasteiger partial charge in [0.15, 0.2) is 11.5 Å². The number of carbonyl (C=O) groups is 2. The predicted molar refractivity (Wildman–Crippen MR) is 124 cm³/mol. The summed E-state index contributed by atoms with van der Waals surface area (Å²) in [4.78, 5) is 27.0. The van der Waals surface area contributed by atoms with Crippen LogP contribution in [0.4, 0.5) is 4.79 Å². The molecular weight excluding hydrogens is 501 g/mol. The highest BCUT2D eigenvalue weighted by atomic mass is 127. The van der Waals surface area contributed by atoms with Crippen molar-refractivity contribution in [1.29, 1.82) is 0 Å². The Morgan fingerprint density at radius 1 is 1.21 bits per heavy atom. The van der Waals surface area contributed by atoms with Gasteiger partial charge in [0.2, 0.25) is 0 Å². The Kier molecular flexibility index (Phi) is 7.23. The minimum Gasteiger partial charge on any atom is -0.493 e. The van der Waals surface area contributed by atoms with Gasteiger partial charge < -0.3 is 9.47 Å². The summed E-state index contributed by atoms with van der Waals surface area (Å²) in [5.74, 6) is 1.03. The van der Waals surface area contributed by atoms with Crippen molar-refractivity contribution in [3.8, 4) is 11.5 Å². The maximum atomic E-state index is 12.8. The van der Waals surface area contributed by atoms with Crippen LogP contribution in [0.25, 0.3) is 6.08 Å². The van der Waals surface area contributed by atoms with E-state index < -0.39 is 0 Å². The number of methoxy groups -OCH3 is 1. The SMILES string of the molecule is CCCOc1c(I)cc(/C=C2\SC(=O)N(Cc3ccccc3C)C2=O)cc1OC. The molecule has 2 aromatic carbocycles. The van der Waals surface area contributed by atoms with E-state index in [1.165, 1.54) is 4.90 Å². The van der Waals surface area contributed by atoms with Crippen molar-refractivity contribution in [2.75, 3.05) is 13.7 Å². The fraction of sp³-hybridized carbons (Fsp3) is 0.273. The Bertz CT molecular complexity index is 973. The normalized spacial score (nSPS) is 15.3. The fourth-order valence-electron chi connectivity index (χ4n) is 2.91. The van der Waals surface area contributed by atoms with E-state index in [9.17, 15) is 9.59 Å². The molecule has 0 aliphatic carbocycles. The molecular formula is C22H22INO4S. The van der Waals surface area contributed by atoms with Gasteiger partial charge in [-0.3, -0.25) is 14.5 Å². The molecule has 1 saturated heterocycles. The van der Waals surface area contributed by atoms with Crippen LogP contribution < -0.4 is 9.47 Å². The number of amides is 2. The Morgan fingerprint density at radius 3 is 2.66 bits per heavy atom. The van der Waals surface area contributed by atoms with Gasteiger partial charge in [-0.2, -0.15) is 0 Å². The summed E-state index contributed by atoms with van der Waals surface area (Å²) in [7, 11) is 1.59. The largest absolute Gasteiger partial charge is 0.493 e. The van der Waals surface area contributed by atoms with E-state index >= 15 is 0 Å². The fourth-order valence-corrected chi connectivity index (χ4v) is 4.53. The van der Waals surface area contributed by atoms with Crippen LogP contribution in [-0.2, 0) is 11.3 Å². The van der Waals surface area contributed by atoms with E-state index in [0.717, 1.165) is 38.4 Å². The number of hydrogen-bond donors (Lipinski definition) is 0. The highest BCUT2D eigenvalue weighted by Gasteiger charge is 2.35. The second kappa shape index (κ2) is 9.67. The smallest absolute Gasteiger partial charge is 0.293 e. The van der Waals surface area contributed by atoms with Gasteiger partial charge in [-0.25, -0.2) is 0 Å². The summed E-state index contributed by atoms with van der Waals surface area (Å²) >= 11 is 3.15. The van der Waals surface area contributed by atoms with Crippen LogP contribution in [0, 0.1) is 10.5 Å². The quantitative estimate of drug-likeness (QED) is 0.348. The third-order valence-corrected chi connectivity index (χ3v) is 6.17. The van der Waals surface area contributed by atoms with Crippen LogP contribution in [0.3, 0.4) is 0 Å². The minimum atomic E-state index is -0.275. The second-order valence-electron chi connectivity index (χ2n) is 6.58. The van der Waals surface area contributed by atoms with Gasteiger partial charge >= 0.3 is 0 Å². The van der Waals surface area contributed by atoms with E-state index in [-0.39, 0.29) is 17.7 Å². The highest BCUT2D eigenvalue weighted by Crippen LogP contribution is 2.37.